The van der Waals surface area contributed by atoms with Gasteiger partial charge in [-0.15, -0.1) is 0 Å². The van der Waals surface area contributed by atoms with Crippen LogP contribution in [-0.4, -0.2) is 30.9 Å². The van der Waals surface area contributed by atoms with Crippen LogP contribution in [0.2, 0.25) is 0 Å². The number of benzene rings is 1. The summed E-state index contributed by atoms with van der Waals surface area (Å²) in [5, 5.41) is 0. The Labute approximate surface area is 108 Å². The van der Waals surface area contributed by atoms with Gasteiger partial charge in [-0.3, -0.25) is 9.69 Å². The molecule has 1 amide bonds. The highest BCUT2D eigenvalue weighted by Crippen LogP contribution is 2.51. The number of carbonyl (C=O) groups is 1. The molecule has 0 aromatic heterocycles. The summed E-state index contributed by atoms with van der Waals surface area (Å²) in [7, 11) is 1.93. The maximum atomic E-state index is 10.8. The van der Waals surface area contributed by atoms with Gasteiger partial charge in [0.15, 0.2) is 0 Å². The molecule has 1 saturated carbocycles. The second-order valence-electron chi connectivity index (χ2n) is 5.36. The Hall–Kier alpha value is -1.55. The van der Waals surface area contributed by atoms with E-state index >= 15 is 0 Å². The summed E-state index contributed by atoms with van der Waals surface area (Å²) < 4.78 is 0. The molecular weight excluding hydrogens is 226 g/mol. The molecule has 0 aliphatic heterocycles. The molecule has 1 fully saturated rings. The van der Waals surface area contributed by atoms with Crippen LogP contribution in [0.1, 0.15) is 24.8 Å². The predicted octanol–water partition coefficient (Wildman–Crippen LogP) is 1.11. The summed E-state index contributed by atoms with van der Waals surface area (Å²) in [6, 6.07) is 8.16. The average molecular weight is 247 g/mol. The third kappa shape index (κ3) is 3.01. The Morgan fingerprint density at radius 2 is 1.94 bits per heavy atom. The van der Waals surface area contributed by atoms with Gasteiger partial charge >= 0.3 is 0 Å². The van der Waals surface area contributed by atoms with Gasteiger partial charge in [-0.2, -0.15) is 0 Å². The van der Waals surface area contributed by atoms with Gasteiger partial charge in [-0.25, -0.2) is 0 Å². The van der Waals surface area contributed by atoms with Crippen molar-refractivity contribution in [3.05, 3.63) is 29.8 Å². The van der Waals surface area contributed by atoms with Gasteiger partial charge in [0.1, 0.15) is 0 Å². The molecule has 4 heteroatoms. The van der Waals surface area contributed by atoms with Gasteiger partial charge < -0.3 is 11.5 Å². The third-order valence-corrected chi connectivity index (χ3v) is 3.77. The number of nitrogen functional groups attached to an aromatic ring is 1. The summed E-state index contributed by atoms with van der Waals surface area (Å²) in [5.74, 6) is -0.269. The molecule has 0 spiro atoms. The van der Waals surface area contributed by atoms with Crippen molar-refractivity contribution in [2.24, 2.45) is 5.73 Å². The summed E-state index contributed by atoms with van der Waals surface area (Å²) in [6.45, 7) is 1.23. The number of nitrogens with zero attached hydrogens (tertiary/aromatic N) is 1. The van der Waals surface area contributed by atoms with Crippen LogP contribution in [0.4, 0.5) is 5.69 Å². The van der Waals surface area contributed by atoms with E-state index in [1.165, 1.54) is 18.4 Å². The monoisotopic (exact) mass is 247 g/mol. The molecular formula is C14H21N3O. The van der Waals surface area contributed by atoms with Crippen LogP contribution in [-0.2, 0) is 10.2 Å². The molecule has 1 aromatic rings. The van der Waals surface area contributed by atoms with Gasteiger partial charge in [0.2, 0.25) is 5.91 Å². The summed E-state index contributed by atoms with van der Waals surface area (Å²) in [5.41, 5.74) is 13.4. The van der Waals surface area contributed by atoms with E-state index in [2.05, 4.69) is 12.1 Å². The molecule has 2 rings (SSSR count). The van der Waals surface area contributed by atoms with Crippen molar-refractivity contribution in [3.8, 4) is 0 Å². The molecule has 0 heterocycles. The summed E-state index contributed by atoms with van der Waals surface area (Å²) in [6.07, 6.45) is 3.52. The standard InChI is InChI=1S/C14H21N3O/c1-17(10-13(16)18)9-8-14(6-7-14)11-2-4-12(15)5-3-11/h2-5H,6-10,15H2,1H3,(H2,16,18). The maximum absolute atomic E-state index is 10.8. The van der Waals surface area contributed by atoms with Gasteiger partial charge in [0.25, 0.3) is 0 Å². The number of primary amides is 1. The highest BCUT2D eigenvalue weighted by molar-refractivity contribution is 5.75. The smallest absolute Gasteiger partial charge is 0.231 e. The fourth-order valence-electron chi connectivity index (χ4n) is 2.42. The topological polar surface area (TPSA) is 72.3 Å². The average Bonchev–Trinajstić information content (AvgIpc) is 3.08. The molecule has 0 saturated heterocycles. The van der Waals surface area contributed by atoms with Crippen molar-refractivity contribution < 1.29 is 4.79 Å². The highest BCUT2D eigenvalue weighted by atomic mass is 16.1. The lowest BCUT2D eigenvalue weighted by atomic mass is 9.92. The molecule has 1 aliphatic rings. The maximum Gasteiger partial charge on any atom is 0.231 e. The third-order valence-electron chi connectivity index (χ3n) is 3.77. The van der Waals surface area contributed by atoms with Gasteiger partial charge in [0.05, 0.1) is 6.54 Å². The van der Waals surface area contributed by atoms with Gasteiger partial charge in [-0.1, -0.05) is 12.1 Å². The first kappa shape index (κ1) is 12.9. The molecule has 0 atom stereocenters. The van der Waals surface area contributed by atoms with Crippen molar-refractivity contribution in [1.82, 2.24) is 4.90 Å². The zero-order valence-electron chi connectivity index (χ0n) is 10.9. The zero-order valence-corrected chi connectivity index (χ0v) is 10.9. The molecule has 1 aliphatic carbocycles. The number of rotatable bonds is 6. The molecule has 0 bridgehead atoms. The number of anilines is 1. The highest BCUT2D eigenvalue weighted by Gasteiger charge is 2.43. The molecule has 0 unspecified atom stereocenters. The molecule has 0 radical (unpaired) electrons. The van der Waals surface area contributed by atoms with E-state index in [0.29, 0.717) is 12.0 Å². The lowest BCUT2D eigenvalue weighted by Gasteiger charge is -2.20. The van der Waals surface area contributed by atoms with Crippen LogP contribution in [0.5, 0.6) is 0 Å². The van der Waals surface area contributed by atoms with Crippen molar-refractivity contribution in [1.29, 1.82) is 0 Å². The second-order valence-corrected chi connectivity index (χ2v) is 5.36. The molecule has 4 N–H and O–H groups in total. The molecule has 4 nitrogen and oxygen atoms in total. The predicted molar refractivity (Wildman–Crippen MR) is 73.1 cm³/mol. The minimum Gasteiger partial charge on any atom is -0.399 e. The largest absolute Gasteiger partial charge is 0.399 e. The number of hydrogen-bond donors (Lipinski definition) is 2. The SMILES string of the molecule is CN(CCC1(c2ccc(N)cc2)CC1)CC(N)=O. The van der Waals surface area contributed by atoms with Crippen molar-refractivity contribution in [2.45, 2.75) is 24.7 Å². The fraction of sp³-hybridized carbons (Fsp3) is 0.500. The minimum atomic E-state index is -0.269. The summed E-state index contributed by atoms with van der Waals surface area (Å²) in [4.78, 5) is 12.8. The van der Waals surface area contributed by atoms with E-state index in [1.807, 2.05) is 24.1 Å². The van der Waals surface area contributed by atoms with Crippen LogP contribution in [0.3, 0.4) is 0 Å². The number of amides is 1. The van der Waals surface area contributed by atoms with Crippen LogP contribution in [0, 0.1) is 0 Å². The first-order valence-electron chi connectivity index (χ1n) is 6.35. The van der Waals surface area contributed by atoms with E-state index < -0.39 is 0 Å². The van der Waals surface area contributed by atoms with Gasteiger partial charge in [-0.05, 0) is 56.0 Å². The summed E-state index contributed by atoms with van der Waals surface area (Å²) >= 11 is 0. The van der Waals surface area contributed by atoms with Crippen LogP contribution < -0.4 is 11.5 Å². The Bertz CT molecular complexity index is 423. The van der Waals surface area contributed by atoms with Crippen molar-refractivity contribution in [2.75, 3.05) is 25.9 Å². The Balaban J connectivity index is 1.92. The zero-order chi connectivity index (χ0) is 13.2. The quantitative estimate of drug-likeness (QED) is 0.740. The number of carbonyl (C=O) groups excluding carboxylic acids is 1. The fourth-order valence-corrected chi connectivity index (χ4v) is 2.42. The van der Waals surface area contributed by atoms with Crippen molar-refractivity contribution >= 4 is 11.6 Å². The lowest BCUT2D eigenvalue weighted by Crippen LogP contribution is -2.32. The van der Waals surface area contributed by atoms with E-state index in [9.17, 15) is 4.79 Å². The van der Waals surface area contributed by atoms with Crippen LogP contribution in [0.15, 0.2) is 24.3 Å². The first-order chi connectivity index (χ1) is 8.52. The Morgan fingerprint density at radius 3 is 2.44 bits per heavy atom. The molecule has 1 aromatic carbocycles. The minimum absolute atomic E-state index is 0.269. The number of nitrogens with two attached hydrogens (primary N) is 2. The molecule has 98 valence electrons. The van der Waals surface area contributed by atoms with Crippen molar-refractivity contribution in [3.63, 3.8) is 0 Å². The second kappa shape index (κ2) is 4.98. The lowest BCUT2D eigenvalue weighted by molar-refractivity contribution is -0.118. The first-order valence-corrected chi connectivity index (χ1v) is 6.35. The van der Waals surface area contributed by atoms with Crippen LogP contribution in [0.25, 0.3) is 0 Å². The van der Waals surface area contributed by atoms with E-state index in [4.69, 9.17) is 11.5 Å². The number of hydrogen-bond acceptors (Lipinski definition) is 3. The van der Waals surface area contributed by atoms with E-state index in [-0.39, 0.29) is 5.91 Å². The Morgan fingerprint density at radius 1 is 1.33 bits per heavy atom. The normalized spacial score (nSPS) is 16.8. The van der Waals surface area contributed by atoms with E-state index in [1.54, 1.807) is 0 Å². The Kier molecular flexibility index (Phi) is 3.57. The number of likely N-dealkylation sites (N-methyl/N-ethyl adjacent to an activating group) is 1. The molecule has 18 heavy (non-hydrogen) atoms. The van der Waals surface area contributed by atoms with E-state index in [0.717, 1.165) is 18.7 Å². The van der Waals surface area contributed by atoms with Gasteiger partial charge in [0, 0.05) is 5.69 Å². The van der Waals surface area contributed by atoms with Crippen LogP contribution >= 0.6 is 0 Å².